The topological polar surface area (TPSA) is 124 Å². The second kappa shape index (κ2) is 16.4. The molecule has 0 aliphatic heterocycles. The first-order valence-corrected chi connectivity index (χ1v) is 20.2. The molecular weight excluding hydrogens is 812 g/mol. The van der Waals surface area contributed by atoms with Crippen LogP contribution >= 0.6 is 15.9 Å². The molecule has 10 heteroatoms. The Morgan fingerprint density at radius 2 is 1.08 bits per heavy atom. The van der Waals surface area contributed by atoms with Gasteiger partial charge in [0.2, 0.25) is 0 Å². The molecule has 4 aromatic heterocycles. The maximum atomic E-state index is 11.7. The Balaban J connectivity index is 0.000000154. The van der Waals surface area contributed by atoms with Gasteiger partial charge in [0.15, 0.2) is 5.78 Å². The number of Topliss-reactive ketones (excluding diaryl/α,β-unsaturated/α-hetero) is 1. The third-order valence-electron chi connectivity index (χ3n) is 10.5. The second-order valence-corrected chi connectivity index (χ2v) is 15.1. The lowest BCUT2D eigenvalue weighted by Crippen LogP contribution is -1.90. The number of fused-ring (bicyclic) bond motifs is 2. The fourth-order valence-electron chi connectivity index (χ4n) is 7.42. The van der Waals surface area contributed by atoms with Crippen molar-refractivity contribution in [2.75, 3.05) is 14.2 Å². The molecule has 0 saturated heterocycles. The highest BCUT2D eigenvalue weighted by molar-refractivity contribution is 9.10. The van der Waals surface area contributed by atoms with Gasteiger partial charge in [-0.1, -0.05) is 113 Å². The van der Waals surface area contributed by atoms with Gasteiger partial charge in [-0.05, 0) is 55.5 Å². The molecule has 0 fully saturated rings. The van der Waals surface area contributed by atoms with E-state index in [0.717, 1.165) is 106 Å². The van der Waals surface area contributed by atoms with Crippen LogP contribution in [0.5, 0.6) is 11.5 Å². The summed E-state index contributed by atoms with van der Waals surface area (Å²) in [4.78, 5) is 35.4. The molecule has 0 radical (unpaired) electrons. The van der Waals surface area contributed by atoms with Crippen molar-refractivity contribution in [1.29, 1.82) is 0 Å². The first-order valence-electron chi connectivity index (χ1n) is 19.4. The van der Waals surface area contributed by atoms with E-state index in [4.69, 9.17) is 19.4 Å². The molecule has 60 heavy (non-hydrogen) atoms. The molecule has 9 nitrogen and oxygen atoms in total. The van der Waals surface area contributed by atoms with Gasteiger partial charge in [0, 0.05) is 77.6 Å². The second-order valence-electron chi connectivity index (χ2n) is 14.2. The van der Waals surface area contributed by atoms with Crippen LogP contribution in [0.1, 0.15) is 17.3 Å². The largest absolute Gasteiger partial charge is 0.497 e. The number of hydrogen-bond acceptors (Lipinski definition) is 5. The zero-order valence-corrected chi connectivity index (χ0v) is 34.6. The molecular formula is C50H39BrN6O3. The molecule has 0 saturated carbocycles. The summed E-state index contributed by atoms with van der Waals surface area (Å²) >= 11 is 3.58. The number of aromatic nitrogens is 6. The number of hydrogen-bond donors (Lipinski definition) is 4. The standard InChI is InChI=1S/C25H20BrN3O2.C25H19N3O/c1-30-18-7-3-5-15(11-18)23-24(16-6-4-8-19(12-16)31-2)29-25(28-23)21-14-27-22-10-9-17(26)13-20(21)22;1-16(29)19-12-13-20-21(15-26-22(20)14-19)25-27-23(17-8-4-2-5-9-17)24(28-25)18-10-6-3-7-11-18/h3-14,27H,1-2H3,(H,28,29);2-15,26H,1H3,(H,27,28). The summed E-state index contributed by atoms with van der Waals surface area (Å²) in [5, 5.41) is 2.13. The monoisotopic (exact) mass is 850 g/mol. The Morgan fingerprint density at radius 3 is 1.73 bits per heavy atom. The highest BCUT2D eigenvalue weighted by Gasteiger charge is 2.20. The maximum Gasteiger partial charge on any atom is 0.159 e. The number of carbonyl (C=O) groups is 1. The highest BCUT2D eigenvalue weighted by atomic mass is 79.9. The number of ketones is 1. The third kappa shape index (κ3) is 7.52. The SMILES string of the molecule is CC(=O)c1ccc2c(-c3nc(-c4ccccc4)c(-c4ccccc4)[nH]3)c[nH]c2c1.COc1cccc(-c2nc(-c3c[nH]c4ccc(Br)cc34)[nH]c2-c2cccc(OC)c2)c1. The molecule has 6 aromatic carbocycles. The molecule has 0 spiro atoms. The molecule has 294 valence electrons. The van der Waals surface area contributed by atoms with Crippen molar-refractivity contribution in [2.45, 2.75) is 6.92 Å². The van der Waals surface area contributed by atoms with E-state index < -0.39 is 0 Å². The van der Waals surface area contributed by atoms with Crippen molar-refractivity contribution in [3.8, 4) is 79.3 Å². The van der Waals surface area contributed by atoms with E-state index in [-0.39, 0.29) is 5.78 Å². The van der Waals surface area contributed by atoms with Crippen LogP contribution in [0.4, 0.5) is 0 Å². The van der Waals surface area contributed by atoms with Gasteiger partial charge in [0.05, 0.1) is 37.0 Å². The average Bonchev–Trinajstić information content (AvgIpc) is 4.12. The van der Waals surface area contributed by atoms with Gasteiger partial charge in [-0.25, -0.2) is 9.97 Å². The van der Waals surface area contributed by atoms with Crippen molar-refractivity contribution >= 4 is 43.5 Å². The minimum Gasteiger partial charge on any atom is -0.497 e. The molecule has 0 atom stereocenters. The number of rotatable bonds is 9. The fraction of sp³-hybridized carbons (Fsp3) is 0.0600. The summed E-state index contributed by atoms with van der Waals surface area (Å²) in [5.74, 6) is 3.22. The predicted molar refractivity (Wildman–Crippen MR) is 244 cm³/mol. The van der Waals surface area contributed by atoms with E-state index in [0.29, 0.717) is 5.56 Å². The van der Waals surface area contributed by atoms with Crippen LogP contribution in [-0.4, -0.2) is 49.9 Å². The average molecular weight is 852 g/mol. The van der Waals surface area contributed by atoms with Gasteiger partial charge in [-0.15, -0.1) is 0 Å². The molecule has 0 aliphatic rings. The number of carbonyl (C=O) groups excluding carboxylic acids is 1. The van der Waals surface area contributed by atoms with Crippen molar-refractivity contribution in [3.63, 3.8) is 0 Å². The lowest BCUT2D eigenvalue weighted by molar-refractivity contribution is 0.101. The van der Waals surface area contributed by atoms with E-state index in [1.54, 1.807) is 21.1 Å². The Kier molecular flexibility index (Phi) is 10.4. The van der Waals surface area contributed by atoms with E-state index in [1.807, 2.05) is 116 Å². The zero-order valence-electron chi connectivity index (χ0n) is 33.0. The minimum absolute atomic E-state index is 0.0544. The number of methoxy groups -OCH3 is 2. The Labute approximate surface area is 354 Å². The first kappa shape index (κ1) is 38.1. The van der Waals surface area contributed by atoms with Crippen LogP contribution < -0.4 is 9.47 Å². The van der Waals surface area contributed by atoms with E-state index in [2.05, 4.69) is 78.3 Å². The summed E-state index contributed by atoms with van der Waals surface area (Å²) in [6, 6.07) is 48.2. The molecule has 4 heterocycles. The Hall–Kier alpha value is -7.43. The molecule has 0 amide bonds. The Bertz CT molecular complexity index is 3000. The van der Waals surface area contributed by atoms with Crippen molar-refractivity contribution in [1.82, 2.24) is 29.9 Å². The van der Waals surface area contributed by atoms with Crippen LogP contribution in [0.3, 0.4) is 0 Å². The smallest absolute Gasteiger partial charge is 0.159 e. The van der Waals surface area contributed by atoms with E-state index in [9.17, 15) is 4.79 Å². The van der Waals surface area contributed by atoms with Crippen LogP contribution in [0.15, 0.2) is 162 Å². The van der Waals surface area contributed by atoms with E-state index >= 15 is 0 Å². The van der Waals surface area contributed by atoms with Gasteiger partial charge in [-0.3, -0.25) is 4.79 Å². The number of nitrogens with one attached hydrogen (secondary N) is 4. The lowest BCUT2D eigenvalue weighted by atomic mass is 10.0. The van der Waals surface area contributed by atoms with Crippen molar-refractivity contribution < 1.29 is 14.3 Å². The molecule has 10 aromatic rings. The molecule has 0 bridgehead atoms. The number of benzene rings is 6. The van der Waals surface area contributed by atoms with Crippen LogP contribution in [0.25, 0.3) is 89.6 Å². The zero-order chi connectivity index (χ0) is 41.2. The normalized spacial score (nSPS) is 11.1. The number of aromatic amines is 4. The summed E-state index contributed by atoms with van der Waals surface area (Å²) in [5.41, 5.74) is 12.5. The number of nitrogens with zero attached hydrogens (tertiary/aromatic N) is 2. The molecule has 10 rings (SSSR count). The van der Waals surface area contributed by atoms with Gasteiger partial charge in [0.1, 0.15) is 23.1 Å². The number of halogens is 1. The molecule has 0 unspecified atom stereocenters. The highest BCUT2D eigenvalue weighted by Crippen LogP contribution is 2.38. The van der Waals surface area contributed by atoms with E-state index in [1.165, 1.54) is 0 Å². The maximum absolute atomic E-state index is 11.7. The number of H-pyrrole nitrogens is 4. The predicted octanol–water partition coefficient (Wildman–Crippen LogP) is 12.8. The molecule has 4 N–H and O–H groups in total. The summed E-state index contributed by atoms with van der Waals surface area (Å²) in [7, 11) is 3.34. The minimum atomic E-state index is 0.0544. The van der Waals surface area contributed by atoms with Crippen molar-refractivity contribution in [3.05, 3.63) is 168 Å². The lowest BCUT2D eigenvalue weighted by Gasteiger charge is -2.07. The molecule has 0 aliphatic carbocycles. The summed E-state index contributed by atoms with van der Waals surface area (Å²) < 4.78 is 11.9. The fourth-order valence-corrected chi connectivity index (χ4v) is 7.78. The van der Waals surface area contributed by atoms with Crippen LogP contribution in [-0.2, 0) is 0 Å². The van der Waals surface area contributed by atoms with Gasteiger partial charge in [0.25, 0.3) is 0 Å². The first-order chi connectivity index (χ1) is 29.4. The summed E-state index contributed by atoms with van der Waals surface area (Å²) in [6.45, 7) is 1.58. The van der Waals surface area contributed by atoms with Gasteiger partial charge < -0.3 is 29.4 Å². The Morgan fingerprint density at radius 1 is 0.533 bits per heavy atom. The van der Waals surface area contributed by atoms with Crippen LogP contribution in [0, 0.1) is 0 Å². The van der Waals surface area contributed by atoms with Crippen LogP contribution in [0.2, 0.25) is 0 Å². The number of ether oxygens (including phenoxy) is 2. The summed E-state index contributed by atoms with van der Waals surface area (Å²) in [6.07, 6.45) is 3.93. The van der Waals surface area contributed by atoms with Gasteiger partial charge >= 0.3 is 0 Å². The number of imidazole rings is 2. The third-order valence-corrected chi connectivity index (χ3v) is 11.0. The quantitative estimate of drug-likeness (QED) is 0.108. The van der Waals surface area contributed by atoms with Gasteiger partial charge in [-0.2, -0.15) is 0 Å². The van der Waals surface area contributed by atoms with Crippen molar-refractivity contribution in [2.24, 2.45) is 0 Å².